The van der Waals surface area contributed by atoms with Crippen molar-refractivity contribution in [2.75, 3.05) is 17.2 Å². The third-order valence-corrected chi connectivity index (χ3v) is 4.42. The Balaban J connectivity index is 1.78. The fourth-order valence-corrected chi connectivity index (χ4v) is 3.05. The topological polar surface area (TPSA) is 92.9 Å². The van der Waals surface area contributed by atoms with Crippen LogP contribution in [0.1, 0.15) is 19.6 Å². The quantitative estimate of drug-likeness (QED) is 0.515. The summed E-state index contributed by atoms with van der Waals surface area (Å²) in [5, 5.41) is 10.9. The monoisotopic (exact) mass is 357 g/mol. The van der Waals surface area contributed by atoms with Crippen molar-refractivity contribution in [3.63, 3.8) is 0 Å². The summed E-state index contributed by atoms with van der Waals surface area (Å²) in [4.78, 5) is 21.4. The SMILES string of the molecule is CCNc1nc(SC(C)C(=O)Nc2cc(C)on2)nc2ccccc12. The van der Waals surface area contributed by atoms with Crippen molar-refractivity contribution in [1.82, 2.24) is 15.1 Å². The smallest absolute Gasteiger partial charge is 0.238 e. The van der Waals surface area contributed by atoms with E-state index < -0.39 is 0 Å². The fraction of sp³-hybridized carbons (Fsp3) is 0.294. The Labute approximate surface area is 149 Å². The number of nitrogens with one attached hydrogen (secondary N) is 2. The van der Waals surface area contributed by atoms with Crippen LogP contribution in [-0.2, 0) is 4.79 Å². The molecule has 2 heterocycles. The number of thioether (sulfide) groups is 1. The van der Waals surface area contributed by atoms with Crippen molar-refractivity contribution in [2.24, 2.45) is 0 Å². The highest BCUT2D eigenvalue weighted by Crippen LogP contribution is 2.27. The molecule has 1 aromatic carbocycles. The molecule has 1 amide bonds. The first kappa shape index (κ1) is 17.2. The number of carbonyl (C=O) groups excluding carboxylic acids is 1. The lowest BCUT2D eigenvalue weighted by Gasteiger charge is -2.12. The average Bonchev–Trinajstić information content (AvgIpc) is 3.00. The summed E-state index contributed by atoms with van der Waals surface area (Å²) in [6.45, 7) is 6.34. The molecular formula is C17H19N5O2S. The zero-order valence-electron chi connectivity index (χ0n) is 14.2. The van der Waals surface area contributed by atoms with Gasteiger partial charge in [0.25, 0.3) is 0 Å². The summed E-state index contributed by atoms with van der Waals surface area (Å²) in [6, 6.07) is 9.47. The first-order valence-corrected chi connectivity index (χ1v) is 8.86. The Morgan fingerprint density at radius 2 is 2.12 bits per heavy atom. The number of fused-ring (bicyclic) bond motifs is 1. The molecule has 2 aromatic heterocycles. The largest absolute Gasteiger partial charge is 0.370 e. The highest BCUT2D eigenvalue weighted by Gasteiger charge is 2.18. The first-order chi connectivity index (χ1) is 12.1. The molecule has 25 heavy (non-hydrogen) atoms. The van der Waals surface area contributed by atoms with Gasteiger partial charge in [0.1, 0.15) is 11.6 Å². The van der Waals surface area contributed by atoms with Gasteiger partial charge in [-0.05, 0) is 32.9 Å². The van der Waals surface area contributed by atoms with Gasteiger partial charge in [-0.2, -0.15) is 0 Å². The lowest BCUT2D eigenvalue weighted by atomic mass is 10.2. The van der Waals surface area contributed by atoms with E-state index in [4.69, 9.17) is 4.52 Å². The molecule has 3 rings (SSSR count). The van der Waals surface area contributed by atoms with Crippen LogP contribution in [0.15, 0.2) is 40.0 Å². The summed E-state index contributed by atoms with van der Waals surface area (Å²) in [5.41, 5.74) is 0.843. The van der Waals surface area contributed by atoms with Gasteiger partial charge >= 0.3 is 0 Å². The number of rotatable bonds is 6. The number of benzene rings is 1. The van der Waals surface area contributed by atoms with Gasteiger partial charge in [0.2, 0.25) is 5.91 Å². The Morgan fingerprint density at radius 3 is 2.84 bits per heavy atom. The highest BCUT2D eigenvalue weighted by molar-refractivity contribution is 8.00. The molecule has 0 saturated heterocycles. The van der Waals surface area contributed by atoms with Crippen molar-refractivity contribution < 1.29 is 9.32 Å². The minimum Gasteiger partial charge on any atom is -0.370 e. The molecule has 130 valence electrons. The molecule has 0 aliphatic carbocycles. The maximum atomic E-state index is 12.3. The van der Waals surface area contributed by atoms with E-state index in [-0.39, 0.29) is 11.2 Å². The van der Waals surface area contributed by atoms with E-state index in [9.17, 15) is 4.79 Å². The molecule has 7 nitrogen and oxygen atoms in total. The van der Waals surface area contributed by atoms with Crippen LogP contribution in [0, 0.1) is 6.92 Å². The molecule has 0 aliphatic heterocycles. The Morgan fingerprint density at radius 1 is 1.32 bits per heavy atom. The Kier molecular flexibility index (Phi) is 5.18. The van der Waals surface area contributed by atoms with E-state index in [0.29, 0.717) is 16.7 Å². The van der Waals surface area contributed by atoms with Crippen molar-refractivity contribution >= 4 is 40.2 Å². The molecule has 0 radical (unpaired) electrons. The summed E-state index contributed by atoms with van der Waals surface area (Å²) < 4.78 is 4.95. The second kappa shape index (κ2) is 7.52. The molecule has 2 N–H and O–H groups in total. The van der Waals surface area contributed by atoms with Crippen molar-refractivity contribution in [3.8, 4) is 0 Å². The number of amides is 1. The predicted octanol–water partition coefficient (Wildman–Crippen LogP) is 3.48. The van der Waals surface area contributed by atoms with Gasteiger partial charge in [-0.25, -0.2) is 9.97 Å². The summed E-state index contributed by atoms with van der Waals surface area (Å²) >= 11 is 1.30. The van der Waals surface area contributed by atoms with Gasteiger partial charge in [-0.3, -0.25) is 4.79 Å². The summed E-state index contributed by atoms with van der Waals surface area (Å²) in [6.07, 6.45) is 0. The number of anilines is 2. The van der Waals surface area contributed by atoms with Crippen molar-refractivity contribution in [3.05, 3.63) is 36.1 Å². The second-order valence-electron chi connectivity index (χ2n) is 5.47. The Bertz CT molecular complexity index is 896. The normalized spacial score (nSPS) is 12.1. The van der Waals surface area contributed by atoms with Gasteiger partial charge in [-0.15, -0.1) is 0 Å². The second-order valence-corrected chi connectivity index (χ2v) is 6.78. The molecule has 0 bridgehead atoms. The zero-order valence-corrected chi connectivity index (χ0v) is 15.1. The van der Waals surface area contributed by atoms with Crippen LogP contribution < -0.4 is 10.6 Å². The number of aromatic nitrogens is 3. The van der Waals surface area contributed by atoms with E-state index in [0.717, 1.165) is 23.3 Å². The molecule has 0 spiro atoms. The molecular weight excluding hydrogens is 338 g/mol. The van der Waals surface area contributed by atoms with Crippen LogP contribution in [0.25, 0.3) is 10.9 Å². The molecule has 0 fully saturated rings. The van der Waals surface area contributed by atoms with E-state index in [2.05, 4.69) is 25.8 Å². The van der Waals surface area contributed by atoms with Gasteiger partial charge in [0.15, 0.2) is 11.0 Å². The van der Waals surface area contributed by atoms with E-state index in [1.807, 2.05) is 31.2 Å². The zero-order chi connectivity index (χ0) is 17.8. The Hall–Kier alpha value is -2.61. The molecule has 0 saturated carbocycles. The van der Waals surface area contributed by atoms with E-state index in [1.54, 1.807) is 19.9 Å². The lowest BCUT2D eigenvalue weighted by Crippen LogP contribution is -2.22. The molecule has 3 aromatic rings. The number of aryl methyl sites for hydroxylation is 1. The molecule has 1 atom stereocenters. The van der Waals surface area contributed by atoms with Gasteiger partial charge in [-0.1, -0.05) is 29.1 Å². The molecule has 1 unspecified atom stereocenters. The average molecular weight is 357 g/mol. The van der Waals surface area contributed by atoms with Gasteiger partial charge in [0.05, 0.1) is 10.8 Å². The van der Waals surface area contributed by atoms with Crippen LogP contribution >= 0.6 is 11.8 Å². The number of hydrogen-bond acceptors (Lipinski definition) is 7. The van der Waals surface area contributed by atoms with Crippen molar-refractivity contribution in [2.45, 2.75) is 31.2 Å². The summed E-state index contributed by atoms with van der Waals surface area (Å²) in [7, 11) is 0. The minimum absolute atomic E-state index is 0.181. The number of para-hydroxylation sites is 1. The van der Waals surface area contributed by atoms with Crippen LogP contribution in [-0.4, -0.2) is 32.8 Å². The van der Waals surface area contributed by atoms with Gasteiger partial charge < -0.3 is 15.2 Å². The first-order valence-electron chi connectivity index (χ1n) is 7.98. The van der Waals surface area contributed by atoms with E-state index in [1.165, 1.54) is 11.8 Å². The number of nitrogens with zero attached hydrogens (tertiary/aromatic N) is 3. The predicted molar refractivity (Wildman–Crippen MR) is 98.9 cm³/mol. The third kappa shape index (κ3) is 4.08. The van der Waals surface area contributed by atoms with Crippen LogP contribution in [0.5, 0.6) is 0 Å². The minimum atomic E-state index is -0.382. The number of carbonyl (C=O) groups is 1. The highest BCUT2D eigenvalue weighted by atomic mass is 32.2. The maximum absolute atomic E-state index is 12.3. The number of hydrogen-bond donors (Lipinski definition) is 2. The van der Waals surface area contributed by atoms with Crippen molar-refractivity contribution in [1.29, 1.82) is 0 Å². The standard InChI is InChI=1S/C17H19N5O2S/c1-4-18-15-12-7-5-6-8-13(12)19-17(21-15)25-11(3)16(23)20-14-9-10(2)24-22-14/h5-9,11H,4H2,1-3H3,(H,18,19,21)(H,20,22,23). The maximum Gasteiger partial charge on any atom is 0.238 e. The van der Waals surface area contributed by atoms with E-state index >= 15 is 0 Å². The lowest BCUT2D eigenvalue weighted by molar-refractivity contribution is -0.115. The van der Waals surface area contributed by atoms with Crippen LogP contribution in [0.2, 0.25) is 0 Å². The third-order valence-electron chi connectivity index (χ3n) is 3.46. The summed E-state index contributed by atoms with van der Waals surface area (Å²) in [5.74, 6) is 1.64. The molecule has 8 heteroatoms. The van der Waals surface area contributed by atoms with Gasteiger partial charge in [0, 0.05) is 18.0 Å². The fourth-order valence-electron chi connectivity index (χ4n) is 2.27. The van der Waals surface area contributed by atoms with Crippen LogP contribution in [0.4, 0.5) is 11.6 Å². The molecule has 0 aliphatic rings. The van der Waals surface area contributed by atoms with Crippen LogP contribution in [0.3, 0.4) is 0 Å².